The van der Waals surface area contributed by atoms with Gasteiger partial charge in [-0.1, -0.05) is 37.3 Å². The molecule has 2 aromatic carbocycles. The van der Waals surface area contributed by atoms with Gasteiger partial charge in [-0.2, -0.15) is 0 Å². The molecule has 7 heteroatoms. The summed E-state index contributed by atoms with van der Waals surface area (Å²) >= 11 is 5.68. The number of thiocarbonyl (C=S) groups is 1. The number of para-hydroxylation sites is 1. The summed E-state index contributed by atoms with van der Waals surface area (Å²) in [6, 6.07) is 13.4. The standard InChI is InChI=1S/C23H29N3O3S/c1-4-17-7-5-6-8-19(17)24-22(27)16-29-20-10-9-18(15-21(20)28-3)23(30)26-13-11-25(2)12-14-26/h5-10,15H,4,11-14,16H2,1-3H3,(H,24,27). The number of anilines is 1. The van der Waals surface area contributed by atoms with Gasteiger partial charge in [-0.3, -0.25) is 4.79 Å². The molecular formula is C23H29N3O3S. The molecule has 0 bridgehead atoms. The van der Waals surface area contributed by atoms with Crippen LogP contribution in [-0.4, -0.2) is 67.6 Å². The van der Waals surface area contributed by atoms with Crippen LogP contribution in [-0.2, 0) is 11.2 Å². The largest absolute Gasteiger partial charge is 0.493 e. The van der Waals surface area contributed by atoms with E-state index in [4.69, 9.17) is 21.7 Å². The Morgan fingerprint density at radius 2 is 1.83 bits per heavy atom. The normalized spacial score (nSPS) is 14.3. The number of nitrogens with zero attached hydrogens (tertiary/aromatic N) is 2. The fraction of sp³-hybridized carbons (Fsp3) is 0.391. The van der Waals surface area contributed by atoms with Crippen molar-refractivity contribution < 1.29 is 14.3 Å². The Morgan fingerprint density at radius 3 is 2.53 bits per heavy atom. The number of likely N-dealkylation sites (N-methyl/N-ethyl adjacent to an activating group) is 1. The highest BCUT2D eigenvalue weighted by Gasteiger charge is 2.19. The van der Waals surface area contributed by atoms with Gasteiger partial charge in [0, 0.05) is 37.4 Å². The summed E-state index contributed by atoms with van der Waals surface area (Å²) in [7, 11) is 3.70. The molecule has 30 heavy (non-hydrogen) atoms. The van der Waals surface area contributed by atoms with Crippen molar-refractivity contribution >= 4 is 28.8 Å². The summed E-state index contributed by atoms with van der Waals surface area (Å²) in [6.07, 6.45) is 0.847. The van der Waals surface area contributed by atoms with Crippen molar-refractivity contribution in [3.05, 3.63) is 53.6 Å². The summed E-state index contributed by atoms with van der Waals surface area (Å²) in [5, 5.41) is 2.91. The van der Waals surface area contributed by atoms with Crippen LogP contribution in [0.1, 0.15) is 18.1 Å². The second-order valence-corrected chi connectivity index (χ2v) is 7.70. The average Bonchev–Trinajstić information content (AvgIpc) is 2.78. The van der Waals surface area contributed by atoms with Crippen LogP contribution in [0, 0.1) is 0 Å². The second kappa shape index (κ2) is 10.4. The lowest BCUT2D eigenvalue weighted by Crippen LogP contribution is -2.46. The van der Waals surface area contributed by atoms with E-state index < -0.39 is 0 Å². The van der Waals surface area contributed by atoms with Gasteiger partial charge in [0.25, 0.3) is 5.91 Å². The van der Waals surface area contributed by atoms with Gasteiger partial charge in [0.15, 0.2) is 18.1 Å². The number of carbonyl (C=O) groups excluding carboxylic acids is 1. The third-order valence-corrected chi connectivity index (χ3v) is 5.73. The number of ether oxygens (including phenoxy) is 2. The van der Waals surface area contributed by atoms with Crippen molar-refractivity contribution in [1.82, 2.24) is 9.80 Å². The molecule has 0 atom stereocenters. The Hall–Kier alpha value is -2.64. The monoisotopic (exact) mass is 427 g/mol. The molecule has 0 radical (unpaired) electrons. The maximum atomic E-state index is 12.4. The third-order valence-electron chi connectivity index (χ3n) is 5.23. The smallest absolute Gasteiger partial charge is 0.262 e. The van der Waals surface area contributed by atoms with Crippen LogP contribution in [0.3, 0.4) is 0 Å². The lowest BCUT2D eigenvalue weighted by Gasteiger charge is -2.34. The van der Waals surface area contributed by atoms with Gasteiger partial charge in [-0.25, -0.2) is 0 Å². The molecule has 1 heterocycles. The predicted octanol–water partition coefficient (Wildman–Crippen LogP) is 3.20. The summed E-state index contributed by atoms with van der Waals surface area (Å²) in [6.45, 7) is 5.77. The first-order valence-corrected chi connectivity index (χ1v) is 10.6. The Kier molecular flexibility index (Phi) is 7.65. The van der Waals surface area contributed by atoms with E-state index in [2.05, 4.69) is 29.1 Å². The molecule has 1 aliphatic heterocycles. The lowest BCUT2D eigenvalue weighted by molar-refractivity contribution is -0.118. The molecule has 1 aliphatic rings. The van der Waals surface area contributed by atoms with Gasteiger partial charge >= 0.3 is 0 Å². The zero-order valence-electron chi connectivity index (χ0n) is 17.8. The van der Waals surface area contributed by atoms with E-state index >= 15 is 0 Å². The molecule has 0 aromatic heterocycles. The van der Waals surface area contributed by atoms with E-state index in [1.165, 1.54) is 0 Å². The second-order valence-electron chi connectivity index (χ2n) is 7.31. The Morgan fingerprint density at radius 1 is 1.10 bits per heavy atom. The molecular weight excluding hydrogens is 398 g/mol. The van der Waals surface area contributed by atoms with E-state index in [9.17, 15) is 4.79 Å². The number of hydrogen-bond donors (Lipinski definition) is 1. The lowest BCUT2D eigenvalue weighted by atomic mass is 10.1. The maximum absolute atomic E-state index is 12.4. The molecule has 1 N–H and O–H groups in total. The highest BCUT2D eigenvalue weighted by Crippen LogP contribution is 2.29. The summed E-state index contributed by atoms with van der Waals surface area (Å²) in [5.74, 6) is 0.863. The van der Waals surface area contributed by atoms with Crippen LogP contribution in [0.2, 0.25) is 0 Å². The first kappa shape index (κ1) is 22.1. The molecule has 160 valence electrons. The number of benzene rings is 2. The maximum Gasteiger partial charge on any atom is 0.262 e. The summed E-state index contributed by atoms with van der Waals surface area (Å²) in [4.78, 5) is 17.7. The molecule has 1 amide bonds. The molecule has 0 unspecified atom stereocenters. The molecule has 3 rings (SSSR count). The first-order chi connectivity index (χ1) is 14.5. The molecule has 1 saturated heterocycles. The zero-order chi connectivity index (χ0) is 21.5. The predicted molar refractivity (Wildman–Crippen MR) is 124 cm³/mol. The van der Waals surface area contributed by atoms with Crippen molar-refractivity contribution in [2.45, 2.75) is 13.3 Å². The fourth-order valence-corrected chi connectivity index (χ4v) is 3.70. The van der Waals surface area contributed by atoms with E-state index in [0.717, 1.165) is 54.4 Å². The SMILES string of the molecule is CCc1ccccc1NC(=O)COc1ccc(C(=S)N2CCN(C)CC2)cc1OC. The van der Waals surface area contributed by atoms with Crippen molar-refractivity contribution in [3.63, 3.8) is 0 Å². The Bertz CT molecular complexity index is 895. The minimum atomic E-state index is -0.213. The topological polar surface area (TPSA) is 54.0 Å². The van der Waals surface area contributed by atoms with Gasteiger partial charge in [0.2, 0.25) is 0 Å². The van der Waals surface area contributed by atoms with E-state index in [1.54, 1.807) is 7.11 Å². The van der Waals surface area contributed by atoms with Crippen molar-refractivity contribution in [3.8, 4) is 11.5 Å². The highest BCUT2D eigenvalue weighted by atomic mass is 32.1. The van der Waals surface area contributed by atoms with Crippen molar-refractivity contribution in [2.24, 2.45) is 0 Å². The van der Waals surface area contributed by atoms with E-state index in [0.29, 0.717) is 11.5 Å². The van der Waals surface area contributed by atoms with Crippen LogP contribution in [0.4, 0.5) is 5.69 Å². The molecule has 6 nitrogen and oxygen atoms in total. The van der Waals surface area contributed by atoms with Crippen LogP contribution >= 0.6 is 12.2 Å². The van der Waals surface area contributed by atoms with Crippen LogP contribution in [0.25, 0.3) is 0 Å². The number of nitrogens with one attached hydrogen (secondary N) is 1. The minimum Gasteiger partial charge on any atom is -0.493 e. The van der Waals surface area contributed by atoms with Gasteiger partial charge in [-0.15, -0.1) is 0 Å². The Balaban J connectivity index is 1.62. The van der Waals surface area contributed by atoms with E-state index in [-0.39, 0.29) is 12.5 Å². The number of aryl methyl sites for hydroxylation is 1. The molecule has 2 aromatic rings. The van der Waals surface area contributed by atoms with Gasteiger partial charge in [0.1, 0.15) is 4.99 Å². The van der Waals surface area contributed by atoms with Gasteiger partial charge in [-0.05, 0) is 43.3 Å². The molecule has 1 fully saturated rings. The van der Waals surface area contributed by atoms with Crippen molar-refractivity contribution in [2.75, 3.05) is 52.3 Å². The number of piperazine rings is 1. The highest BCUT2D eigenvalue weighted by molar-refractivity contribution is 7.80. The first-order valence-electron chi connectivity index (χ1n) is 10.2. The fourth-order valence-electron chi connectivity index (χ4n) is 3.39. The number of rotatable bonds is 7. The van der Waals surface area contributed by atoms with E-state index in [1.807, 2.05) is 42.5 Å². The Labute approximate surface area is 183 Å². The van der Waals surface area contributed by atoms with Crippen LogP contribution in [0.15, 0.2) is 42.5 Å². The van der Waals surface area contributed by atoms with Gasteiger partial charge in [0.05, 0.1) is 7.11 Å². The van der Waals surface area contributed by atoms with Crippen LogP contribution < -0.4 is 14.8 Å². The number of methoxy groups -OCH3 is 1. The minimum absolute atomic E-state index is 0.101. The number of carbonyl (C=O) groups is 1. The number of amides is 1. The van der Waals surface area contributed by atoms with Gasteiger partial charge < -0.3 is 24.6 Å². The molecule has 0 spiro atoms. The zero-order valence-corrected chi connectivity index (χ0v) is 18.6. The van der Waals surface area contributed by atoms with Crippen LogP contribution in [0.5, 0.6) is 11.5 Å². The van der Waals surface area contributed by atoms with Crippen molar-refractivity contribution in [1.29, 1.82) is 0 Å². The quantitative estimate of drug-likeness (QED) is 0.685. The molecule has 0 saturated carbocycles. The average molecular weight is 428 g/mol. The summed E-state index contributed by atoms with van der Waals surface area (Å²) < 4.78 is 11.2. The summed E-state index contributed by atoms with van der Waals surface area (Å²) in [5.41, 5.74) is 2.82. The number of hydrogen-bond acceptors (Lipinski definition) is 5. The third kappa shape index (κ3) is 5.49. The molecule has 0 aliphatic carbocycles.